The quantitative estimate of drug-likeness (QED) is 0.759. The Balaban J connectivity index is 3.46. The monoisotopic (exact) mass is 301 g/mol. The predicted molar refractivity (Wildman–Crippen MR) is 72.4 cm³/mol. The topological polar surface area (TPSA) is 90.0 Å². The number of methoxy groups -OCH3 is 2. The maximum Gasteiger partial charge on any atom is 0.340 e. The van der Waals surface area contributed by atoms with Crippen LogP contribution in [0.15, 0.2) is 18.2 Å². The first-order valence-corrected chi connectivity index (χ1v) is 7.31. The van der Waals surface area contributed by atoms with Crippen molar-refractivity contribution >= 4 is 27.6 Å². The summed E-state index contributed by atoms with van der Waals surface area (Å²) in [5, 5.41) is 0. The molecule has 0 N–H and O–H groups in total. The molecule has 1 aromatic rings. The molecule has 0 spiro atoms. The zero-order valence-corrected chi connectivity index (χ0v) is 12.4. The lowest BCUT2D eigenvalue weighted by Crippen LogP contribution is -2.27. The second-order valence-corrected chi connectivity index (χ2v) is 5.96. The van der Waals surface area contributed by atoms with Gasteiger partial charge in [-0.05, 0) is 18.2 Å². The number of carbonyl (C=O) groups excluding carboxylic acids is 2. The van der Waals surface area contributed by atoms with Gasteiger partial charge in [-0.25, -0.2) is 18.0 Å². The van der Waals surface area contributed by atoms with E-state index in [1.54, 1.807) is 0 Å². The van der Waals surface area contributed by atoms with E-state index in [1.807, 2.05) is 0 Å². The molecular weight excluding hydrogens is 286 g/mol. The molecule has 1 aromatic carbocycles. The van der Waals surface area contributed by atoms with Gasteiger partial charge in [0.15, 0.2) is 0 Å². The molecule has 0 amide bonds. The Morgan fingerprint density at radius 2 is 1.65 bits per heavy atom. The second kappa shape index (κ2) is 5.91. The average molecular weight is 301 g/mol. The molecule has 20 heavy (non-hydrogen) atoms. The largest absolute Gasteiger partial charge is 0.465 e. The number of ether oxygens (including phenoxy) is 2. The van der Waals surface area contributed by atoms with Crippen LogP contribution in [0.5, 0.6) is 0 Å². The van der Waals surface area contributed by atoms with Crippen LogP contribution in [0.3, 0.4) is 0 Å². The van der Waals surface area contributed by atoms with Crippen LogP contribution in [0.1, 0.15) is 20.7 Å². The van der Waals surface area contributed by atoms with Gasteiger partial charge in [-0.1, -0.05) is 0 Å². The highest BCUT2D eigenvalue weighted by atomic mass is 32.2. The fourth-order valence-electron chi connectivity index (χ4n) is 1.51. The van der Waals surface area contributed by atoms with Crippen LogP contribution in [0.4, 0.5) is 5.69 Å². The van der Waals surface area contributed by atoms with E-state index in [4.69, 9.17) is 0 Å². The van der Waals surface area contributed by atoms with Crippen molar-refractivity contribution in [1.82, 2.24) is 0 Å². The van der Waals surface area contributed by atoms with Crippen LogP contribution < -0.4 is 4.31 Å². The molecule has 8 heteroatoms. The molecular formula is C12H15NO6S. The van der Waals surface area contributed by atoms with Crippen molar-refractivity contribution in [3.63, 3.8) is 0 Å². The smallest absolute Gasteiger partial charge is 0.340 e. The van der Waals surface area contributed by atoms with Gasteiger partial charge in [0.1, 0.15) is 0 Å². The van der Waals surface area contributed by atoms with Crippen molar-refractivity contribution in [2.24, 2.45) is 0 Å². The van der Waals surface area contributed by atoms with Gasteiger partial charge in [0.2, 0.25) is 10.0 Å². The number of hydrogen-bond donors (Lipinski definition) is 0. The summed E-state index contributed by atoms with van der Waals surface area (Å²) in [7, 11) is 0.120. The van der Waals surface area contributed by atoms with E-state index in [9.17, 15) is 18.0 Å². The number of rotatable bonds is 4. The molecule has 110 valence electrons. The molecule has 0 unspecified atom stereocenters. The average Bonchev–Trinajstić information content (AvgIpc) is 2.43. The van der Waals surface area contributed by atoms with Gasteiger partial charge < -0.3 is 9.47 Å². The molecule has 0 radical (unpaired) electrons. The molecule has 0 aliphatic rings. The van der Waals surface area contributed by atoms with E-state index in [0.717, 1.165) is 17.7 Å². The zero-order chi connectivity index (χ0) is 15.5. The van der Waals surface area contributed by atoms with E-state index in [0.29, 0.717) is 0 Å². The minimum Gasteiger partial charge on any atom is -0.465 e. The van der Waals surface area contributed by atoms with Gasteiger partial charge in [0.25, 0.3) is 0 Å². The molecule has 0 aliphatic heterocycles. The van der Waals surface area contributed by atoms with E-state index >= 15 is 0 Å². The summed E-state index contributed by atoms with van der Waals surface area (Å²) >= 11 is 0. The summed E-state index contributed by atoms with van der Waals surface area (Å²) in [5.41, 5.74) is 0.203. The molecule has 0 fully saturated rings. The van der Waals surface area contributed by atoms with Gasteiger partial charge in [-0.15, -0.1) is 0 Å². The van der Waals surface area contributed by atoms with Crippen molar-refractivity contribution in [2.45, 2.75) is 0 Å². The lowest BCUT2D eigenvalue weighted by Gasteiger charge is -2.19. The maximum absolute atomic E-state index is 11.7. The lowest BCUT2D eigenvalue weighted by atomic mass is 10.1. The molecule has 7 nitrogen and oxygen atoms in total. The van der Waals surface area contributed by atoms with Gasteiger partial charge >= 0.3 is 11.9 Å². The standard InChI is InChI=1S/C12H15NO6S/c1-13(20(4,16)17)10-6-5-8(11(14)18-2)7-9(10)12(15)19-3/h5-7H,1-4H3. The number of anilines is 1. The predicted octanol–water partition coefficient (Wildman–Crippen LogP) is 0.656. The summed E-state index contributed by atoms with van der Waals surface area (Å²) in [6.07, 6.45) is 1.00. The van der Waals surface area contributed by atoms with Gasteiger partial charge in [-0.3, -0.25) is 4.31 Å². The number of nitrogens with zero attached hydrogens (tertiary/aromatic N) is 1. The molecule has 1 rings (SSSR count). The van der Waals surface area contributed by atoms with E-state index in [2.05, 4.69) is 9.47 Å². The maximum atomic E-state index is 11.7. The Hall–Kier alpha value is -2.09. The molecule has 0 heterocycles. The number of carbonyl (C=O) groups is 2. The van der Waals surface area contributed by atoms with Gasteiger partial charge in [0.05, 0.1) is 37.3 Å². The minimum atomic E-state index is -3.55. The SMILES string of the molecule is COC(=O)c1ccc(N(C)S(C)(=O)=O)c(C(=O)OC)c1. The summed E-state index contributed by atoms with van der Waals surface area (Å²) < 4.78 is 33.2. The van der Waals surface area contributed by atoms with Crippen molar-refractivity contribution in [3.05, 3.63) is 29.3 Å². The third-order valence-electron chi connectivity index (χ3n) is 2.66. The normalized spacial score (nSPS) is 10.8. The number of esters is 2. The molecule has 0 saturated heterocycles. The zero-order valence-electron chi connectivity index (χ0n) is 11.5. The summed E-state index contributed by atoms with van der Waals surface area (Å²) in [4.78, 5) is 23.2. The van der Waals surface area contributed by atoms with Gasteiger partial charge in [0, 0.05) is 7.05 Å². The molecule has 0 atom stereocenters. The van der Waals surface area contributed by atoms with Crippen LogP contribution in [-0.4, -0.2) is 47.9 Å². The Morgan fingerprint density at radius 3 is 2.10 bits per heavy atom. The number of sulfonamides is 1. The van der Waals surface area contributed by atoms with Crippen LogP contribution in [-0.2, 0) is 19.5 Å². The Bertz CT molecular complexity index is 637. The van der Waals surface area contributed by atoms with E-state index in [1.165, 1.54) is 32.4 Å². The van der Waals surface area contributed by atoms with Crippen LogP contribution in [0, 0.1) is 0 Å². The fourth-order valence-corrected chi connectivity index (χ4v) is 2.02. The van der Waals surface area contributed by atoms with Crippen molar-refractivity contribution in [1.29, 1.82) is 0 Å². The fraction of sp³-hybridized carbons (Fsp3) is 0.333. The van der Waals surface area contributed by atoms with Crippen LogP contribution in [0.25, 0.3) is 0 Å². The summed E-state index contributed by atoms with van der Waals surface area (Å²) in [6.45, 7) is 0. The molecule has 0 bridgehead atoms. The first-order chi connectivity index (χ1) is 9.22. The van der Waals surface area contributed by atoms with Crippen LogP contribution in [0.2, 0.25) is 0 Å². The number of hydrogen-bond acceptors (Lipinski definition) is 6. The van der Waals surface area contributed by atoms with E-state index in [-0.39, 0.29) is 16.8 Å². The third kappa shape index (κ3) is 3.27. The van der Waals surface area contributed by atoms with Crippen molar-refractivity contribution in [2.75, 3.05) is 31.8 Å². The Labute approximate surface area is 117 Å². The molecule has 0 aromatic heterocycles. The first-order valence-electron chi connectivity index (χ1n) is 5.47. The highest BCUT2D eigenvalue weighted by Gasteiger charge is 2.22. The first kappa shape index (κ1) is 16.0. The summed E-state index contributed by atoms with van der Waals surface area (Å²) in [6, 6.07) is 3.95. The second-order valence-electron chi connectivity index (χ2n) is 3.95. The molecule has 0 saturated carbocycles. The van der Waals surface area contributed by atoms with E-state index < -0.39 is 22.0 Å². The number of benzene rings is 1. The van der Waals surface area contributed by atoms with Crippen molar-refractivity contribution in [3.8, 4) is 0 Å². The lowest BCUT2D eigenvalue weighted by molar-refractivity contribution is 0.0600. The minimum absolute atomic E-state index is 0.0386. The van der Waals surface area contributed by atoms with Crippen LogP contribution >= 0.6 is 0 Å². The summed E-state index contributed by atoms with van der Waals surface area (Å²) in [5.74, 6) is -1.38. The highest BCUT2D eigenvalue weighted by Crippen LogP contribution is 2.24. The van der Waals surface area contributed by atoms with Gasteiger partial charge in [-0.2, -0.15) is 0 Å². The van der Waals surface area contributed by atoms with Crippen molar-refractivity contribution < 1.29 is 27.5 Å². The Kier molecular flexibility index (Phi) is 4.72. The molecule has 0 aliphatic carbocycles. The highest BCUT2D eigenvalue weighted by molar-refractivity contribution is 7.92. The third-order valence-corrected chi connectivity index (χ3v) is 3.85. The Morgan fingerprint density at radius 1 is 1.10 bits per heavy atom.